The Morgan fingerprint density at radius 3 is 2.82 bits per heavy atom. The SMILES string of the molecule is BrCC(Cc1cccc(Br)c1)Cc1cncs1. The maximum absolute atomic E-state index is 4.13. The van der Waals surface area contributed by atoms with Gasteiger partial charge >= 0.3 is 0 Å². The van der Waals surface area contributed by atoms with Gasteiger partial charge in [-0.1, -0.05) is 44.0 Å². The van der Waals surface area contributed by atoms with E-state index in [-0.39, 0.29) is 0 Å². The van der Waals surface area contributed by atoms with Gasteiger partial charge in [0, 0.05) is 20.9 Å². The van der Waals surface area contributed by atoms with Crippen molar-refractivity contribution in [1.82, 2.24) is 4.98 Å². The average Bonchev–Trinajstić information content (AvgIpc) is 2.81. The Kier molecular flexibility index (Phi) is 5.19. The molecular formula is C13H13Br2NS. The lowest BCUT2D eigenvalue weighted by molar-refractivity contribution is 0.596. The van der Waals surface area contributed by atoms with Gasteiger partial charge in [0.1, 0.15) is 0 Å². The maximum Gasteiger partial charge on any atom is 0.0794 e. The van der Waals surface area contributed by atoms with Crippen LogP contribution in [-0.2, 0) is 12.8 Å². The van der Waals surface area contributed by atoms with Crippen molar-refractivity contribution in [3.05, 3.63) is 50.9 Å². The van der Waals surface area contributed by atoms with Crippen molar-refractivity contribution in [3.63, 3.8) is 0 Å². The first-order valence-corrected chi connectivity index (χ1v) is 8.25. The summed E-state index contributed by atoms with van der Waals surface area (Å²) >= 11 is 8.86. The quantitative estimate of drug-likeness (QED) is 0.691. The van der Waals surface area contributed by atoms with E-state index in [2.05, 4.69) is 61.1 Å². The van der Waals surface area contributed by atoms with E-state index >= 15 is 0 Å². The maximum atomic E-state index is 4.13. The average molecular weight is 375 g/mol. The molecule has 17 heavy (non-hydrogen) atoms. The van der Waals surface area contributed by atoms with Crippen LogP contribution in [0, 0.1) is 5.92 Å². The zero-order valence-corrected chi connectivity index (χ0v) is 13.3. The number of nitrogens with zero attached hydrogens (tertiary/aromatic N) is 1. The molecule has 0 saturated heterocycles. The summed E-state index contributed by atoms with van der Waals surface area (Å²) in [6.07, 6.45) is 4.17. The molecule has 0 bridgehead atoms. The minimum absolute atomic E-state index is 0.629. The van der Waals surface area contributed by atoms with E-state index in [1.807, 2.05) is 11.7 Å². The molecule has 4 heteroatoms. The minimum atomic E-state index is 0.629. The molecule has 1 aromatic heterocycles. The Morgan fingerprint density at radius 1 is 1.29 bits per heavy atom. The van der Waals surface area contributed by atoms with Crippen molar-refractivity contribution in [2.24, 2.45) is 5.92 Å². The van der Waals surface area contributed by atoms with Crippen LogP contribution in [0.4, 0.5) is 0 Å². The molecule has 0 N–H and O–H groups in total. The second-order valence-corrected chi connectivity index (χ2v) is 6.56. The molecule has 0 spiro atoms. The van der Waals surface area contributed by atoms with Gasteiger partial charge in [0.25, 0.3) is 0 Å². The molecule has 1 atom stereocenters. The Labute approximate surface area is 123 Å². The lowest BCUT2D eigenvalue weighted by atomic mass is 9.98. The Morgan fingerprint density at radius 2 is 2.18 bits per heavy atom. The third-order valence-corrected chi connectivity index (χ3v) is 4.82. The van der Waals surface area contributed by atoms with Crippen LogP contribution in [0.15, 0.2) is 40.4 Å². The molecule has 2 aromatic rings. The number of benzene rings is 1. The van der Waals surface area contributed by atoms with Crippen LogP contribution in [-0.4, -0.2) is 10.3 Å². The van der Waals surface area contributed by atoms with Gasteiger partial charge in [0.05, 0.1) is 5.51 Å². The van der Waals surface area contributed by atoms with E-state index in [1.54, 1.807) is 11.3 Å². The highest BCUT2D eigenvalue weighted by molar-refractivity contribution is 9.10. The summed E-state index contributed by atoms with van der Waals surface area (Å²) in [4.78, 5) is 5.49. The van der Waals surface area contributed by atoms with Crippen LogP contribution < -0.4 is 0 Å². The van der Waals surface area contributed by atoms with Gasteiger partial charge in [-0.05, 0) is 36.5 Å². The summed E-state index contributed by atoms with van der Waals surface area (Å²) in [5.74, 6) is 0.629. The summed E-state index contributed by atoms with van der Waals surface area (Å²) in [5.41, 5.74) is 3.29. The fraction of sp³-hybridized carbons (Fsp3) is 0.308. The van der Waals surface area contributed by atoms with E-state index < -0.39 is 0 Å². The summed E-state index contributed by atoms with van der Waals surface area (Å²) in [7, 11) is 0. The lowest BCUT2D eigenvalue weighted by Gasteiger charge is -2.13. The summed E-state index contributed by atoms with van der Waals surface area (Å²) < 4.78 is 1.15. The second-order valence-electron chi connectivity index (χ2n) is 4.03. The normalized spacial score (nSPS) is 12.6. The molecular weight excluding hydrogens is 362 g/mol. The number of halogens is 2. The predicted molar refractivity (Wildman–Crippen MR) is 80.9 cm³/mol. The number of hydrogen-bond acceptors (Lipinski definition) is 2. The third kappa shape index (κ3) is 4.19. The molecule has 1 unspecified atom stereocenters. The fourth-order valence-electron chi connectivity index (χ4n) is 1.81. The van der Waals surface area contributed by atoms with Gasteiger partial charge in [0.2, 0.25) is 0 Å². The molecule has 0 radical (unpaired) electrons. The van der Waals surface area contributed by atoms with Crippen molar-refractivity contribution in [3.8, 4) is 0 Å². The van der Waals surface area contributed by atoms with Crippen molar-refractivity contribution in [1.29, 1.82) is 0 Å². The molecule has 0 fully saturated rings. The largest absolute Gasteiger partial charge is 0.253 e. The van der Waals surface area contributed by atoms with Gasteiger partial charge in [-0.15, -0.1) is 11.3 Å². The van der Waals surface area contributed by atoms with Crippen molar-refractivity contribution < 1.29 is 0 Å². The van der Waals surface area contributed by atoms with E-state index in [0.717, 1.165) is 22.6 Å². The smallest absolute Gasteiger partial charge is 0.0794 e. The van der Waals surface area contributed by atoms with E-state index in [4.69, 9.17) is 0 Å². The standard InChI is InChI=1S/C13H13Br2NS/c14-7-11(6-13-8-16-9-17-13)4-10-2-1-3-12(15)5-10/h1-3,5,8-9,11H,4,6-7H2. The molecule has 0 aliphatic rings. The second kappa shape index (κ2) is 6.66. The molecule has 0 aliphatic heterocycles. The van der Waals surface area contributed by atoms with Gasteiger partial charge in [0.15, 0.2) is 0 Å². The van der Waals surface area contributed by atoms with Crippen LogP contribution in [0.25, 0.3) is 0 Å². The van der Waals surface area contributed by atoms with Crippen LogP contribution in [0.5, 0.6) is 0 Å². The van der Waals surface area contributed by atoms with Crippen molar-refractivity contribution >= 4 is 43.2 Å². The number of alkyl halides is 1. The summed E-state index contributed by atoms with van der Waals surface area (Å²) in [5, 5.41) is 1.03. The van der Waals surface area contributed by atoms with Crippen LogP contribution >= 0.6 is 43.2 Å². The zero-order chi connectivity index (χ0) is 12.1. The third-order valence-electron chi connectivity index (χ3n) is 2.60. The predicted octanol–water partition coefficient (Wildman–Crippen LogP) is 4.70. The molecule has 1 aromatic carbocycles. The van der Waals surface area contributed by atoms with Gasteiger partial charge in [-0.25, -0.2) is 0 Å². The highest BCUT2D eigenvalue weighted by atomic mass is 79.9. The van der Waals surface area contributed by atoms with E-state index in [0.29, 0.717) is 5.92 Å². The molecule has 0 amide bonds. The van der Waals surface area contributed by atoms with Crippen LogP contribution in [0.3, 0.4) is 0 Å². The first-order chi connectivity index (χ1) is 8.28. The number of hydrogen-bond donors (Lipinski definition) is 0. The van der Waals surface area contributed by atoms with E-state index in [9.17, 15) is 0 Å². The monoisotopic (exact) mass is 373 g/mol. The van der Waals surface area contributed by atoms with Crippen molar-refractivity contribution in [2.45, 2.75) is 12.8 Å². The van der Waals surface area contributed by atoms with Gasteiger partial charge < -0.3 is 0 Å². The van der Waals surface area contributed by atoms with Crippen molar-refractivity contribution in [2.75, 3.05) is 5.33 Å². The van der Waals surface area contributed by atoms with Gasteiger partial charge in [-0.2, -0.15) is 0 Å². The van der Waals surface area contributed by atoms with Crippen LogP contribution in [0.1, 0.15) is 10.4 Å². The number of aromatic nitrogens is 1. The molecule has 2 rings (SSSR count). The molecule has 90 valence electrons. The topological polar surface area (TPSA) is 12.9 Å². The Balaban J connectivity index is 2.00. The summed E-state index contributed by atoms with van der Waals surface area (Å²) in [6, 6.07) is 8.54. The fourth-order valence-corrected chi connectivity index (χ4v) is 3.42. The number of thiazole rings is 1. The minimum Gasteiger partial charge on any atom is -0.253 e. The first kappa shape index (κ1) is 13.2. The Bertz CT molecular complexity index is 456. The molecule has 0 saturated carbocycles. The highest BCUT2D eigenvalue weighted by Gasteiger charge is 2.10. The molecule has 0 aliphatic carbocycles. The molecule has 1 nitrogen and oxygen atoms in total. The first-order valence-electron chi connectivity index (χ1n) is 5.45. The van der Waals surface area contributed by atoms with Crippen LogP contribution in [0.2, 0.25) is 0 Å². The van der Waals surface area contributed by atoms with Gasteiger partial charge in [-0.3, -0.25) is 4.98 Å². The highest BCUT2D eigenvalue weighted by Crippen LogP contribution is 2.20. The zero-order valence-electron chi connectivity index (χ0n) is 9.27. The summed E-state index contributed by atoms with van der Waals surface area (Å²) in [6.45, 7) is 0. The Hall–Kier alpha value is -0.190. The number of rotatable bonds is 5. The van der Waals surface area contributed by atoms with E-state index in [1.165, 1.54) is 10.4 Å². The molecule has 1 heterocycles. The lowest BCUT2D eigenvalue weighted by Crippen LogP contribution is -2.09.